The van der Waals surface area contributed by atoms with Gasteiger partial charge in [-0.05, 0) is 0 Å². The summed E-state index contributed by atoms with van der Waals surface area (Å²) in [5, 5.41) is -3.04. The van der Waals surface area contributed by atoms with Crippen LogP contribution >= 0.6 is 106 Å². The van der Waals surface area contributed by atoms with Gasteiger partial charge in [-0.15, -0.1) is 0 Å². The van der Waals surface area contributed by atoms with Crippen molar-refractivity contribution in [2.75, 3.05) is 0 Å². The van der Waals surface area contributed by atoms with Crippen LogP contribution in [-0.2, 0) is 0 Å². The van der Waals surface area contributed by atoms with E-state index in [1.807, 2.05) is 0 Å². The van der Waals surface area contributed by atoms with E-state index in [2.05, 4.69) is 9.03 Å². The van der Waals surface area contributed by atoms with Gasteiger partial charge in [-0.25, -0.2) is 0 Å². The molecule has 0 aromatic rings. The van der Waals surface area contributed by atoms with Crippen molar-refractivity contribution >= 4 is 106 Å². The van der Waals surface area contributed by atoms with Crippen LogP contribution in [0, 0.1) is 0 Å². The molecule has 0 aromatic carbocycles. The average Bonchev–Trinajstić information content (AvgIpc) is 1.43. The molecule has 0 spiro atoms. The predicted octanol–water partition coefficient (Wildman–Crippen LogP) is 8.20. The summed E-state index contributed by atoms with van der Waals surface area (Å²) in [6, 6.07) is 0. The van der Waals surface area contributed by atoms with E-state index in [0.29, 0.717) is 0 Å². The molecule has 0 atom stereocenters. The van der Waals surface area contributed by atoms with Crippen molar-refractivity contribution in [1.29, 1.82) is 0 Å². The summed E-state index contributed by atoms with van der Waals surface area (Å²) >= 11 is 43.7. The van der Waals surface area contributed by atoms with Crippen LogP contribution in [0.2, 0.25) is 0 Å². The molecule has 0 bridgehead atoms. The summed E-state index contributed by atoms with van der Waals surface area (Å²) in [7, 11) is 0. The molecule has 0 saturated carbocycles. The van der Waals surface area contributed by atoms with Gasteiger partial charge in [-0.2, -0.15) is 0 Å². The standard InChI is InChI=1S/Cl8HN2P3/c1-11(2,3)9-13(7,8)10-12(4,5)6/h11H. The molecular weight excluding hydrogens is 405 g/mol. The first kappa shape index (κ1) is 16.2. The Balaban J connectivity index is 5.12. The van der Waals surface area contributed by atoms with E-state index in [4.69, 9.17) is 89.9 Å². The Morgan fingerprint density at radius 1 is 0.846 bits per heavy atom. The van der Waals surface area contributed by atoms with Crippen molar-refractivity contribution in [3.05, 3.63) is 0 Å². The minimum absolute atomic E-state index is 3.04. The van der Waals surface area contributed by atoms with Crippen LogP contribution in [0.25, 0.3) is 0 Å². The van der Waals surface area contributed by atoms with Gasteiger partial charge in [-0.3, -0.25) is 0 Å². The van der Waals surface area contributed by atoms with Gasteiger partial charge < -0.3 is 0 Å². The molecule has 0 aliphatic rings. The Morgan fingerprint density at radius 2 is 1.23 bits per heavy atom. The number of hydrogen-bond acceptors (Lipinski definition) is 1. The van der Waals surface area contributed by atoms with Crippen LogP contribution in [0.5, 0.6) is 0 Å². The van der Waals surface area contributed by atoms with E-state index in [1.54, 1.807) is 0 Å². The minimum atomic E-state index is -3.32. The van der Waals surface area contributed by atoms with Crippen molar-refractivity contribution in [2.45, 2.75) is 0 Å². The van der Waals surface area contributed by atoms with Crippen LogP contribution in [0.15, 0.2) is 9.03 Å². The summed E-state index contributed by atoms with van der Waals surface area (Å²) in [4.78, 5) is 0. The topological polar surface area (TPSA) is 24.7 Å². The SMILES string of the molecule is ClP(Cl)(Cl)=NP(Cl)(Cl)=N[PH](Cl)(Cl)Cl. The van der Waals surface area contributed by atoms with E-state index < -0.39 is 16.5 Å². The van der Waals surface area contributed by atoms with Gasteiger partial charge in [0.2, 0.25) is 0 Å². The Bertz CT molecular complexity index is 266. The average molecular weight is 406 g/mol. The monoisotopic (exact) mass is 402 g/mol. The maximum atomic E-state index is 5.60. The zero-order valence-corrected chi connectivity index (χ0v) is 14.1. The molecule has 0 heterocycles. The number of halogens is 8. The first-order chi connectivity index (χ1) is 5.41. The summed E-state index contributed by atoms with van der Waals surface area (Å²) in [6.45, 7) is 0. The zero-order chi connectivity index (χ0) is 10.9. The molecule has 0 unspecified atom stereocenters. The summed E-state index contributed by atoms with van der Waals surface area (Å²) in [6.07, 6.45) is 0. The molecular formula is HCl8N2P3. The van der Waals surface area contributed by atoms with Crippen molar-refractivity contribution < 1.29 is 0 Å². The van der Waals surface area contributed by atoms with Gasteiger partial charge in [0, 0.05) is 0 Å². The van der Waals surface area contributed by atoms with Gasteiger partial charge in [-0.1, -0.05) is 0 Å². The molecule has 0 aliphatic heterocycles. The van der Waals surface area contributed by atoms with Gasteiger partial charge in [0.25, 0.3) is 0 Å². The fourth-order valence-electron chi connectivity index (χ4n) is 0.278. The van der Waals surface area contributed by atoms with E-state index in [1.165, 1.54) is 0 Å². The van der Waals surface area contributed by atoms with Crippen molar-refractivity contribution in [3.8, 4) is 0 Å². The molecule has 0 amide bonds. The van der Waals surface area contributed by atoms with Crippen molar-refractivity contribution in [3.63, 3.8) is 0 Å². The van der Waals surface area contributed by atoms with Gasteiger partial charge >= 0.3 is 115 Å². The molecule has 0 radical (unpaired) electrons. The van der Waals surface area contributed by atoms with Crippen LogP contribution in [0.4, 0.5) is 0 Å². The summed E-state index contributed by atoms with van der Waals surface area (Å²) in [5.41, 5.74) is -3.32. The van der Waals surface area contributed by atoms with E-state index in [9.17, 15) is 0 Å². The Kier molecular flexibility index (Phi) is 7.11. The third-order valence-electron chi connectivity index (χ3n) is 0.443. The van der Waals surface area contributed by atoms with E-state index >= 15 is 0 Å². The summed E-state index contributed by atoms with van der Waals surface area (Å²) < 4.78 is 7.00. The van der Waals surface area contributed by atoms with Crippen molar-refractivity contribution in [1.82, 2.24) is 0 Å². The Labute approximate surface area is 114 Å². The number of nitrogens with zero attached hydrogens (tertiary/aromatic N) is 2. The van der Waals surface area contributed by atoms with Crippen LogP contribution in [0.3, 0.4) is 0 Å². The Hall–Kier alpha value is 3.21. The van der Waals surface area contributed by atoms with E-state index in [0.717, 1.165) is 0 Å². The second-order valence-electron chi connectivity index (χ2n) is 1.53. The maximum absolute atomic E-state index is 5.60. The van der Waals surface area contributed by atoms with Crippen LogP contribution in [-0.4, -0.2) is 0 Å². The molecule has 0 N–H and O–H groups in total. The molecule has 13 heteroatoms. The van der Waals surface area contributed by atoms with Crippen LogP contribution in [0.1, 0.15) is 0 Å². The molecule has 0 rings (SSSR count). The van der Waals surface area contributed by atoms with Crippen LogP contribution < -0.4 is 0 Å². The zero-order valence-electron chi connectivity index (χ0n) is 5.31. The number of rotatable bonds is 2. The third-order valence-corrected chi connectivity index (χ3v) is 10.4. The molecule has 0 saturated heterocycles. The third kappa shape index (κ3) is 11.5. The summed E-state index contributed by atoms with van der Waals surface area (Å²) in [5.74, 6) is -3.17. The fraction of sp³-hybridized carbons (Fsp3) is 0. The fourth-order valence-corrected chi connectivity index (χ4v) is 16.3. The Morgan fingerprint density at radius 3 is 1.46 bits per heavy atom. The molecule has 13 heavy (non-hydrogen) atoms. The second-order valence-corrected chi connectivity index (χ2v) is 21.7. The molecule has 0 aliphatic carbocycles. The first-order valence-electron chi connectivity index (χ1n) is 2.24. The van der Waals surface area contributed by atoms with E-state index in [-0.39, 0.29) is 0 Å². The van der Waals surface area contributed by atoms with Crippen molar-refractivity contribution in [2.24, 2.45) is 9.03 Å². The first-order valence-corrected chi connectivity index (χ1v) is 15.2. The van der Waals surface area contributed by atoms with Gasteiger partial charge in [0.05, 0.1) is 0 Å². The molecule has 82 valence electrons. The molecule has 0 fully saturated rings. The number of hydrogen-bond donors (Lipinski definition) is 0. The second kappa shape index (κ2) is 5.70. The molecule has 0 aromatic heterocycles. The molecule has 2 nitrogen and oxygen atoms in total. The quantitative estimate of drug-likeness (QED) is 0.414. The predicted molar refractivity (Wildman–Crippen MR) is 73.8 cm³/mol. The van der Waals surface area contributed by atoms with Gasteiger partial charge in [0.15, 0.2) is 0 Å². The van der Waals surface area contributed by atoms with Gasteiger partial charge in [0.1, 0.15) is 0 Å². The normalized spacial score (nSPS) is 15.4.